The highest BCUT2D eigenvalue weighted by Gasteiger charge is 2.22. The first kappa shape index (κ1) is 18.2. The number of amides is 4. The van der Waals surface area contributed by atoms with Crippen LogP contribution in [0.15, 0.2) is 48.2 Å². The molecule has 7 heteroatoms. The van der Waals surface area contributed by atoms with Crippen molar-refractivity contribution in [1.29, 1.82) is 0 Å². The van der Waals surface area contributed by atoms with Crippen LogP contribution in [0.4, 0.5) is 10.5 Å². The van der Waals surface area contributed by atoms with Gasteiger partial charge in [-0.05, 0) is 60.9 Å². The summed E-state index contributed by atoms with van der Waals surface area (Å²) in [6.07, 6.45) is 1.53. The lowest BCUT2D eigenvalue weighted by molar-refractivity contribution is -0.118. The maximum atomic E-state index is 12.1. The molecule has 0 bridgehead atoms. The number of carbonyl (C=O) groups is 3. The van der Waals surface area contributed by atoms with E-state index in [0.29, 0.717) is 17.0 Å². The first-order valence-corrected chi connectivity index (χ1v) is 8.35. The van der Waals surface area contributed by atoms with E-state index in [4.69, 9.17) is 4.74 Å². The number of nitrogens with one attached hydrogen (secondary N) is 3. The van der Waals surface area contributed by atoms with Gasteiger partial charge < -0.3 is 15.4 Å². The van der Waals surface area contributed by atoms with Gasteiger partial charge in [0.05, 0.1) is 0 Å². The number of benzene rings is 2. The lowest BCUT2D eigenvalue weighted by Gasteiger charge is -2.09. The second-order valence-corrected chi connectivity index (χ2v) is 6.17. The Bertz CT molecular complexity index is 950. The number of rotatable bonds is 5. The third-order valence-electron chi connectivity index (χ3n) is 4.05. The highest BCUT2D eigenvalue weighted by Crippen LogP contribution is 2.17. The average Bonchev–Trinajstić information content (AvgIpc) is 2.94. The van der Waals surface area contributed by atoms with Crippen LogP contribution in [0.3, 0.4) is 0 Å². The summed E-state index contributed by atoms with van der Waals surface area (Å²) in [5.41, 5.74) is 3.78. The predicted molar refractivity (Wildman–Crippen MR) is 101 cm³/mol. The van der Waals surface area contributed by atoms with Gasteiger partial charge in [-0.25, -0.2) is 4.79 Å². The van der Waals surface area contributed by atoms with E-state index < -0.39 is 11.9 Å². The van der Waals surface area contributed by atoms with Gasteiger partial charge in [0.15, 0.2) is 6.61 Å². The molecule has 0 saturated carbocycles. The molecule has 0 radical (unpaired) electrons. The maximum Gasteiger partial charge on any atom is 0.326 e. The molecule has 1 aliphatic rings. The molecule has 1 heterocycles. The number of hydrogen-bond acceptors (Lipinski definition) is 4. The molecule has 0 aliphatic carbocycles. The fourth-order valence-electron chi connectivity index (χ4n) is 2.51. The van der Waals surface area contributed by atoms with Crippen molar-refractivity contribution in [3.05, 3.63) is 64.9 Å². The maximum absolute atomic E-state index is 12.1. The van der Waals surface area contributed by atoms with E-state index in [2.05, 4.69) is 16.0 Å². The van der Waals surface area contributed by atoms with Gasteiger partial charge in [-0.3, -0.25) is 14.9 Å². The lowest BCUT2D eigenvalue weighted by atomic mass is 10.1. The molecular formula is C20H19N3O4. The van der Waals surface area contributed by atoms with Gasteiger partial charge in [0.1, 0.15) is 11.4 Å². The number of carbonyl (C=O) groups excluding carboxylic acids is 3. The summed E-state index contributed by atoms with van der Waals surface area (Å²) >= 11 is 0. The monoisotopic (exact) mass is 365 g/mol. The van der Waals surface area contributed by atoms with Gasteiger partial charge >= 0.3 is 6.03 Å². The molecule has 0 spiro atoms. The van der Waals surface area contributed by atoms with E-state index >= 15 is 0 Å². The third-order valence-corrected chi connectivity index (χ3v) is 4.05. The summed E-state index contributed by atoms with van der Waals surface area (Å²) in [5, 5.41) is 7.33. The van der Waals surface area contributed by atoms with Crippen LogP contribution in [0, 0.1) is 13.8 Å². The van der Waals surface area contributed by atoms with E-state index in [9.17, 15) is 14.4 Å². The zero-order valence-electron chi connectivity index (χ0n) is 15.0. The Balaban J connectivity index is 1.60. The van der Waals surface area contributed by atoms with Gasteiger partial charge in [-0.15, -0.1) is 0 Å². The Hall–Kier alpha value is -3.61. The average molecular weight is 365 g/mol. The molecule has 2 aromatic rings. The lowest BCUT2D eigenvalue weighted by Crippen LogP contribution is -2.22. The summed E-state index contributed by atoms with van der Waals surface area (Å²) in [6, 6.07) is 12.0. The van der Waals surface area contributed by atoms with E-state index in [-0.39, 0.29) is 18.2 Å². The summed E-state index contributed by atoms with van der Waals surface area (Å²) in [7, 11) is 0. The number of anilines is 1. The van der Waals surface area contributed by atoms with Crippen molar-refractivity contribution in [2.45, 2.75) is 13.8 Å². The van der Waals surface area contributed by atoms with Gasteiger partial charge in [0.25, 0.3) is 11.8 Å². The van der Waals surface area contributed by atoms with Crippen molar-refractivity contribution in [3.63, 3.8) is 0 Å². The Morgan fingerprint density at radius 2 is 1.89 bits per heavy atom. The Morgan fingerprint density at radius 3 is 2.59 bits per heavy atom. The smallest absolute Gasteiger partial charge is 0.326 e. The van der Waals surface area contributed by atoms with Crippen LogP contribution in [0.1, 0.15) is 16.7 Å². The number of ether oxygens (including phenoxy) is 1. The predicted octanol–water partition coefficient (Wildman–Crippen LogP) is 2.50. The molecule has 7 nitrogen and oxygen atoms in total. The van der Waals surface area contributed by atoms with Gasteiger partial charge in [-0.1, -0.05) is 18.2 Å². The van der Waals surface area contributed by atoms with Crippen LogP contribution in [0.25, 0.3) is 6.08 Å². The molecular weight excluding hydrogens is 346 g/mol. The summed E-state index contributed by atoms with van der Waals surface area (Å²) in [6.45, 7) is 3.84. The topological polar surface area (TPSA) is 96.5 Å². The van der Waals surface area contributed by atoms with Crippen LogP contribution in [-0.4, -0.2) is 24.5 Å². The number of aryl methyl sites for hydroxylation is 2. The molecule has 0 atom stereocenters. The Labute approximate surface area is 156 Å². The third kappa shape index (κ3) is 4.72. The van der Waals surface area contributed by atoms with Crippen molar-refractivity contribution in [2.75, 3.05) is 11.9 Å². The molecule has 1 saturated heterocycles. The highest BCUT2D eigenvalue weighted by molar-refractivity contribution is 6.14. The zero-order chi connectivity index (χ0) is 19.4. The molecule has 0 unspecified atom stereocenters. The van der Waals surface area contributed by atoms with E-state index in [1.807, 2.05) is 32.0 Å². The number of hydrogen-bond donors (Lipinski definition) is 3. The van der Waals surface area contributed by atoms with E-state index in [0.717, 1.165) is 11.1 Å². The minimum absolute atomic E-state index is 0.149. The molecule has 1 aliphatic heterocycles. The van der Waals surface area contributed by atoms with Crippen molar-refractivity contribution < 1.29 is 19.1 Å². The second-order valence-electron chi connectivity index (χ2n) is 6.17. The molecule has 27 heavy (non-hydrogen) atoms. The van der Waals surface area contributed by atoms with Crippen LogP contribution < -0.4 is 20.7 Å². The summed E-state index contributed by atoms with van der Waals surface area (Å²) in [5.74, 6) is -0.284. The van der Waals surface area contributed by atoms with Crippen molar-refractivity contribution in [1.82, 2.24) is 10.6 Å². The molecule has 0 aromatic heterocycles. The Kier molecular flexibility index (Phi) is 5.21. The fourth-order valence-corrected chi connectivity index (χ4v) is 2.51. The first-order valence-electron chi connectivity index (χ1n) is 8.35. The number of imide groups is 1. The van der Waals surface area contributed by atoms with Crippen LogP contribution in [0.2, 0.25) is 0 Å². The highest BCUT2D eigenvalue weighted by atomic mass is 16.5. The SMILES string of the molecule is Cc1ccc(NC(=O)COc2cccc(C=C3NC(=O)NC3=O)c2)cc1C. The number of urea groups is 1. The molecule has 2 aromatic carbocycles. The van der Waals surface area contributed by atoms with Gasteiger partial charge in [-0.2, -0.15) is 0 Å². The zero-order valence-corrected chi connectivity index (χ0v) is 15.0. The molecule has 138 valence electrons. The Morgan fingerprint density at radius 1 is 1.07 bits per heavy atom. The van der Waals surface area contributed by atoms with Gasteiger partial charge in [0.2, 0.25) is 0 Å². The fraction of sp³-hybridized carbons (Fsp3) is 0.150. The van der Waals surface area contributed by atoms with Crippen molar-refractivity contribution in [2.24, 2.45) is 0 Å². The van der Waals surface area contributed by atoms with E-state index in [1.165, 1.54) is 6.08 Å². The second kappa shape index (κ2) is 7.74. The first-order chi connectivity index (χ1) is 12.9. The van der Waals surface area contributed by atoms with Crippen molar-refractivity contribution in [3.8, 4) is 5.75 Å². The standard InChI is InChI=1S/C20H19N3O4/c1-12-6-7-15(8-13(12)2)21-18(24)11-27-16-5-3-4-14(9-16)10-17-19(25)23-20(26)22-17/h3-10H,11H2,1-2H3,(H,21,24)(H2,22,23,25,26). The molecule has 3 N–H and O–H groups in total. The van der Waals surface area contributed by atoms with Gasteiger partial charge in [0, 0.05) is 5.69 Å². The van der Waals surface area contributed by atoms with Crippen LogP contribution in [0.5, 0.6) is 5.75 Å². The van der Waals surface area contributed by atoms with E-state index in [1.54, 1.807) is 24.3 Å². The molecule has 3 rings (SSSR count). The quantitative estimate of drug-likeness (QED) is 0.560. The van der Waals surface area contributed by atoms with Crippen molar-refractivity contribution >= 4 is 29.6 Å². The van der Waals surface area contributed by atoms with Crippen LogP contribution in [-0.2, 0) is 9.59 Å². The molecule has 4 amide bonds. The molecule has 1 fully saturated rings. The summed E-state index contributed by atoms with van der Waals surface area (Å²) < 4.78 is 5.52. The minimum Gasteiger partial charge on any atom is -0.484 e. The minimum atomic E-state index is -0.554. The van der Waals surface area contributed by atoms with Crippen LogP contribution >= 0.6 is 0 Å². The largest absolute Gasteiger partial charge is 0.484 e. The summed E-state index contributed by atoms with van der Waals surface area (Å²) in [4.78, 5) is 34.8. The normalized spacial score (nSPS) is 14.7.